The van der Waals surface area contributed by atoms with Gasteiger partial charge in [-0.25, -0.2) is 0 Å². The normalized spacial score (nSPS) is 22.8. The van der Waals surface area contributed by atoms with E-state index in [-0.39, 0.29) is 6.92 Å². The zero-order chi connectivity index (χ0) is 20.2. The van der Waals surface area contributed by atoms with Crippen LogP contribution in [0.4, 0.5) is 0 Å². The predicted molar refractivity (Wildman–Crippen MR) is 126 cm³/mol. The van der Waals surface area contributed by atoms with E-state index in [9.17, 15) is 0 Å². The maximum absolute atomic E-state index is 6.86. The number of benzene rings is 2. The van der Waals surface area contributed by atoms with Crippen LogP contribution in [-0.4, -0.2) is 13.0 Å². The van der Waals surface area contributed by atoms with E-state index in [0.717, 1.165) is 17.9 Å². The molecular formula is C26H32BClO. The van der Waals surface area contributed by atoms with Crippen LogP contribution in [0.15, 0.2) is 48.5 Å². The zero-order valence-electron chi connectivity index (χ0n) is 17.8. The fourth-order valence-corrected chi connectivity index (χ4v) is 5.27. The molecule has 0 radical (unpaired) electrons. The maximum Gasteiger partial charge on any atom is 0.331 e. The molecule has 4 rings (SSSR count). The Morgan fingerprint density at radius 1 is 0.931 bits per heavy atom. The molecule has 2 fully saturated rings. The summed E-state index contributed by atoms with van der Waals surface area (Å²) in [6.45, 7) is 4.62. The highest BCUT2D eigenvalue weighted by atomic mass is 35.5. The predicted octanol–water partition coefficient (Wildman–Crippen LogP) is 8.01. The van der Waals surface area contributed by atoms with Crippen molar-refractivity contribution in [2.24, 2.45) is 0 Å². The molecule has 0 spiro atoms. The Labute approximate surface area is 181 Å². The van der Waals surface area contributed by atoms with Crippen molar-refractivity contribution in [3.8, 4) is 0 Å². The molecule has 0 N–H and O–H groups in total. The van der Waals surface area contributed by atoms with Crippen LogP contribution >= 0.6 is 11.6 Å². The summed E-state index contributed by atoms with van der Waals surface area (Å²) < 4.78 is 6.86. The monoisotopic (exact) mass is 406 g/mol. The zero-order valence-corrected chi connectivity index (χ0v) is 18.5. The van der Waals surface area contributed by atoms with Crippen LogP contribution in [-0.2, 0) is 4.65 Å². The van der Waals surface area contributed by atoms with Crippen LogP contribution in [0.5, 0.6) is 0 Å². The topological polar surface area (TPSA) is 9.23 Å². The Morgan fingerprint density at radius 3 is 2.17 bits per heavy atom. The molecule has 3 heteroatoms. The van der Waals surface area contributed by atoms with Crippen LogP contribution in [0.25, 0.3) is 11.0 Å². The van der Waals surface area contributed by atoms with Gasteiger partial charge in [-0.2, -0.15) is 0 Å². The average Bonchev–Trinajstić information content (AvgIpc) is 3.03. The van der Waals surface area contributed by atoms with Crippen molar-refractivity contribution < 1.29 is 4.65 Å². The smallest absolute Gasteiger partial charge is 0.331 e. The van der Waals surface area contributed by atoms with E-state index in [0.29, 0.717) is 11.9 Å². The molecule has 2 saturated heterocycles. The van der Waals surface area contributed by atoms with Crippen molar-refractivity contribution in [1.82, 2.24) is 0 Å². The number of rotatable bonds is 5. The van der Waals surface area contributed by atoms with Gasteiger partial charge in [-0.3, -0.25) is 0 Å². The average molecular weight is 407 g/mol. The summed E-state index contributed by atoms with van der Waals surface area (Å²) >= 11 is 6.25. The van der Waals surface area contributed by atoms with Gasteiger partial charge in [0.05, 0.1) is 0 Å². The summed E-state index contributed by atoms with van der Waals surface area (Å²) in [6, 6.07) is 17.5. The van der Waals surface area contributed by atoms with E-state index in [4.69, 9.17) is 16.3 Å². The lowest BCUT2D eigenvalue weighted by molar-refractivity contribution is 0.191. The minimum absolute atomic E-state index is 0.189. The van der Waals surface area contributed by atoms with E-state index in [1.54, 1.807) is 0 Å². The van der Waals surface area contributed by atoms with Crippen molar-refractivity contribution in [1.29, 1.82) is 0 Å². The quantitative estimate of drug-likeness (QED) is 0.361. The van der Waals surface area contributed by atoms with Gasteiger partial charge in [-0.15, -0.1) is 0 Å². The molecule has 0 aromatic heterocycles. The number of halogens is 1. The van der Waals surface area contributed by atoms with Crippen LogP contribution in [0.1, 0.15) is 75.0 Å². The summed E-state index contributed by atoms with van der Waals surface area (Å²) in [6.07, 6.45) is 10.2. The summed E-state index contributed by atoms with van der Waals surface area (Å²) in [5.74, 6) is 0.616. The van der Waals surface area contributed by atoms with Gasteiger partial charge in [-0.05, 0) is 66.3 Å². The molecule has 0 unspecified atom stereocenters. The molecule has 2 aliphatic rings. The lowest BCUT2D eigenvalue weighted by Crippen LogP contribution is -2.28. The van der Waals surface area contributed by atoms with Gasteiger partial charge in [0.15, 0.2) is 0 Å². The summed E-state index contributed by atoms with van der Waals surface area (Å²) in [4.78, 5) is 0. The fourth-order valence-electron chi connectivity index (χ4n) is 5.14. The third kappa shape index (κ3) is 4.81. The van der Waals surface area contributed by atoms with Crippen molar-refractivity contribution in [3.63, 3.8) is 0 Å². The minimum Gasteiger partial charge on any atom is -0.428 e. The highest BCUT2D eigenvalue weighted by molar-refractivity contribution is 6.77. The molecule has 2 heterocycles. The molecule has 152 valence electrons. The second kappa shape index (κ2) is 9.54. The Balaban J connectivity index is 1.89. The van der Waals surface area contributed by atoms with Gasteiger partial charge < -0.3 is 4.65 Å². The largest absolute Gasteiger partial charge is 0.428 e. The highest BCUT2D eigenvalue weighted by Gasteiger charge is 2.39. The van der Waals surface area contributed by atoms with Crippen molar-refractivity contribution >= 4 is 29.6 Å². The molecule has 2 aromatic rings. The molecule has 0 saturated carbocycles. The van der Waals surface area contributed by atoms with Gasteiger partial charge in [-0.1, -0.05) is 92.6 Å². The first-order chi connectivity index (χ1) is 14.2. The first kappa shape index (κ1) is 20.8. The van der Waals surface area contributed by atoms with E-state index < -0.39 is 0 Å². The number of hydrogen-bond donors (Lipinski definition) is 0. The van der Waals surface area contributed by atoms with Gasteiger partial charge in [0, 0.05) is 11.1 Å². The molecule has 2 aromatic carbocycles. The third-order valence-corrected chi connectivity index (χ3v) is 6.89. The first-order valence-corrected chi connectivity index (χ1v) is 11.7. The Kier molecular flexibility index (Phi) is 6.83. The Hall–Kier alpha value is -1.51. The molecule has 0 amide bonds. The number of aryl methyl sites for hydroxylation is 1. The van der Waals surface area contributed by atoms with Crippen LogP contribution in [0, 0.1) is 6.92 Å². The van der Waals surface area contributed by atoms with Gasteiger partial charge >= 0.3 is 6.92 Å². The molecule has 2 bridgehead atoms. The number of hydrogen-bond acceptors (Lipinski definition) is 1. The van der Waals surface area contributed by atoms with Crippen LogP contribution in [0.2, 0.25) is 10.8 Å². The van der Waals surface area contributed by atoms with E-state index in [1.165, 1.54) is 66.3 Å². The highest BCUT2D eigenvalue weighted by Crippen LogP contribution is 2.44. The third-order valence-electron chi connectivity index (χ3n) is 6.63. The SMILES string of the molecule is CCC/C(=C(/B1OC2CCCC1CCC2)c1ccc(Cl)cc1)c1ccc(C)cc1. The first-order valence-electron chi connectivity index (χ1n) is 11.4. The molecule has 2 aliphatic heterocycles. The summed E-state index contributed by atoms with van der Waals surface area (Å²) in [5, 5.41) is 0.793. The van der Waals surface area contributed by atoms with E-state index in [2.05, 4.69) is 50.2 Å². The molecule has 29 heavy (non-hydrogen) atoms. The second-order valence-electron chi connectivity index (χ2n) is 8.82. The molecular weight excluding hydrogens is 375 g/mol. The van der Waals surface area contributed by atoms with E-state index in [1.807, 2.05) is 12.1 Å². The van der Waals surface area contributed by atoms with Gasteiger partial charge in [0.1, 0.15) is 0 Å². The van der Waals surface area contributed by atoms with Crippen molar-refractivity contribution in [2.45, 2.75) is 77.1 Å². The van der Waals surface area contributed by atoms with Crippen molar-refractivity contribution in [2.75, 3.05) is 0 Å². The lowest BCUT2D eigenvalue weighted by atomic mass is 9.46. The second-order valence-corrected chi connectivity index (χ2v) is 9.25. The Morgan fingerprint density at radius 2 is 1.55 bits per heavy atom. The number of allylic oxidation sites excluding steroid dienone is 1. The molecule has 0 aliphatic carbocycles. The lowest BCUT2D eigenvalue weighted by Gasteiger charge is -2.27. The van der Waals surface area contributed by atoms with Crippen molar-refractivity contribution in [3.05, 3.63) is 70.2 Å². The van der Waals surface area contributed by atoms with Gasteiger partial charge in [0.2, 0.25) is 0 Å². The fraction of sp³-hybridized carbons (Fsp3) is 0.462. The van der Waals surface area contributed by atoms with Crippen LogP contribution < -0.4 is 0 Å². The molecule has 0 atom stereocenters. The maximum atomic E-state index is 6.86. The van der Waals surface area contributed by atoms with E-state index >= 15 is 0 Å². The Bertz CT molecular complexity index is 830. The minimum atomic E-state index is 0.189. The molecule has 1 nitrogen and oxygen atoms in total. The number of fused-ring (bicyclic) bond motifs is 3. The standard InChI is InChI=1S/C26H32BClO/c1-3-6-25(20-13-11-19(2)12-14-20)26(21-15-17-23(28)18-16-21)27-22-7-4-9-24(29-27)10-5-8-22/h11-18,22,24H,3-10H2,1-2H3/b26-25-. The summed E-state index contributed by atoms with van der Waals surface area (Å²) in [5.41, 5.74) is 6.78. The van der Waals surface area contributed by atoms with Gasteiger partial charge in [0.25, 0.3) is 0 Å². The summed E-state index contributed by atoms with van der Waals surface area (Å²) in [7, 11) is 0. The van der Waals surface area contributed by atoms with Crippen LogP contribution in [0.3, 0.4) is 0 Å².